The number of hydrogen-bond acceptors (Lipinski definition) is 3. The van der Waals surface area contributed by atoms with Crippen molar-refractivity contribution in [1.29, 1.82) is 0 Å². The second kappa shape index (κ2) is 8.63. The number of nitrogens with one attached hydrogen (secondary N) is 1. The van der Waals surface area contributed by atoms with Gasteiger partial charge in [-0.2, -0.15) is 0 Å². The maximum absolute atomic E-state index is 12.4. The fraction of sp³-hybridized carbons (Fsp3) is 0.316. The van der Waals surface area contributed by atoms with Crippen LogP contribution in [0.5, 0.6) is 5.75 Å². The second-order valence-corrected chi connectivity index (χ2v) is 6.54. The van der Waals surface area contributed by atoms with Gasteiger partial charge in [-0.05, 0) is 43.7 Å². The molecule has 0 spiro atoms. The van der Waals surface area contributed by atoms with E-state index in [1.54, 1.807) is 11.8 Å². The zero-order valence-electron chi connectivity index (χ0n) is 13.8. The number of amides is 1. The lowest BCUT2D eigenvalue weighted by Crippen LogP contribution is -2.22. The van der Waals surface area contributed by atoms with Gasteiger partial charge >= 0.3 is 0 Å². The topological polar surface area (TPSA) is 38.3 Å². The molecule has 122 valence electrons. The Balaban J connectivity index is 1.95. The highest BCUT2D eigenvalue weighted by molar-refractivity contribution is 7.99. The summed E-state index contributed by atoms with van der Waals surface area (Å²) in [6.07, 6.45) is 0. The summed E-state index contributed by atoms with van der Waals surface area (Å²) < 4.78 is 5.61. The van der Waals surface area contributed by atoms with Gasteiger partial charge in [-0.15, -0.1) is 11.8 Å². The van der Waals surface area contributed by atoms with E-state index in [-0.39, 0.29) is 11.8 Å². The van der Waals surface area contributed by atoms with Crippen LogP contribution in [0, 0.1) is 12.8 Å². The Kier molecular flexibility index (Phi) is 6.53. The van der Waals surface area contributed by atoms with Crippen molar-refractivity contribution in [2.75, 3.05) is 17.7 Å². The van der Waals surface area contributed by atoms with Crippen LogP contribution in [-0.2, 0) is 4.79 Å². The standard InChI is InChI=1S/C19H23NO2S/c1-4-22-18-12-14(2)10-11-17(18)20-19(21)15(3)13-23-16-8-6-5-7-9-16/h5-12,15H,4,13H2,1-3H3,(H,20,21). The van der Waals surface area contributed by atoms with E-state index in [2.05, 4.69) is 17.4 Å². The summed E-state index contributed by atoms with van der Waals surface area (Å²) >= 11 is 1.69. The molecule has 0 saturated carbocycles. The molecule has 0 aliphatic heterocycles. The summed E-state index contributed by atoms with van der Waals surface area (Å²) in [5, 5.41) is 2.98. The lowest BCUT2D eigenvalue weighted by molar-refractivity contribution is -0.118. The molecule has 0 heterocycles. The van der Waals surface area contributed by atoms with E-state index in [4.69, 9.17) is 4.74 Å². The zero-order valence-corrected chi connectivity index (χ0v) is 14.7. The van der Waals surface area contributed by atoms with E-state index >= 15 is 0 Å². The second-order valence-electron chi connectivity index (χ2n) is 5.45. The summed E-state index contributed by atoms with van der Waals surface area (Å²) in [5.74, 6) is 1.39. The van der Waals surface area contributed by atoms with Crippen molar-refractivity contribution in [2.45, 2.75) is 25.7 Å². The molecule has 0 radical (unpaired) electrons. The Bertz CT molecular complexity index is 643. The first-order valence-corrected chi connectivity index (χ1v) is 8.81. The molecule has 0 bridgehead atoms. The van der Waals surface area contributed by atoms with Gasteiger partial charge in [0.05, 0.1) is 12.3 Å². The number of thioether (sulfide) groups is 1. The lowest BCUT2D eigenvalue weighted by atomic mass is 10.1. The molecule has 0 aromatic heterocycles. The molecule has 0 aliphatic carbocycles. The van der Waals surface area contributed by atoms with Gasteiger partial charge in [0, 0.05) is 16.6 Å². The third-order valence-corrected chi connectivity index (χ3v) is 4.66. The maximum atomic E-state index is 12.4. The summed E-state index contributed by atoms with van der Waals surface area (Å²) in [5.41, 5.74) is 1.85. The van der Waals surface area contributed by atoms with E-state index in [1.165, 1.54) is 4.90 Å². The molecule has 0 fully saturated rings. The van der Waals surface area contributed by atoms with E-state index in [0.717, 1.165) is 22.8 Å². The number of carbonyl (C=O) groups excluding carboxylic acids is 1. The van der Waals surface area contributed by atoms with Crippen molar-refractivity contribution in [2.24, 2.45) is 5.92 Å². The van der Waals surface area contributed by atoms with E-state index in [0.29, 0.717) is 6.61 Å². The van der Waals surface area contributed by atoms with Crippen LogP contribution in [0.2, 0.25) is 0 Å². The van der Waals surface area contributed by atoms with E-state index in [1.807, 2.05) is 57.2 Å². The van der Waals surface area contributed by atoms with Crippen LogP contribution in [0.4, 0.5) is 5.69 Å². The van der Waals surface area contributed by atoms with Gasteiger partial charge < -0.3 is 10.1 Å². The number of ether oxygens (including phenoxy) is 1. The highest BCUT2D eigenvalue weighted by Crippen LogP contribution is 2.27. The third-order valence-electron chi connectivity index (χ3n) is 3.39. The molecule has 0 saturated heterocycles. The molecule has 1 atom stereocenters. The molecule has 2 aromatic carbocycles. The third kappa shape index (κ3) is 5.32. The lowest BCUT2D eigenvalue weighted by Gasteiger charge is -2.15. The van der Waals surface area contributed by atoms with Crippen LogP contribution in [0.15, 0.2) is 53.4 Å². The molecule has 0 aliphatic rings. The highest BCUT2D eigenvalue weighted by atomic mass is 32.2. The minimum absolute atomic E-state index is 0.0123. The molecule has 2 rings (SSSR count). The Morgan fingerprint density at radius 3 is 2.65 bits per heavy atom. The summed E-state index contributed by atoms with van der Waals surface area (Å²) in [4.78, 5) is 13.6. The van der Waals surface area contributed by atoms with Crippen molar-refractivity contribution in [1.82, 2.24) is 0 Å². The first-order chi connectivity index (χ1) is 11.1. The largest absolute Gasteiger partial charge is 0.492 e. The monoisotopic (exact) mass is 329 g/mol. The molecule has 3 nitrogen and oxygen atoms in total. The molecule has 2 aromatic rings. The molecular formula is C19H23NO2S. The number of hydrogen-bond donors (Lipinski definition) is 1. The van der Waals surface area contributed by atoms with Crippen molar-refractivity contribution >= 4 is 23.4 Å². The van der Waals surface area contributed by atoms with Crippen molar-refractivity contribution in [3.8, 4) is 5.75 Å². The van der Waals surface area contributed by atoms with Gasteiger partial charge in [0.2, 0.25) is 5.91 Å². The van der Waals surface area contributed by atoms with Gasteiger partial charge in [-0.25, -0.2) is 0 Å². The Morgan fingerprint density at radius 1 is 1.22 bits per heavy atom. The smallest absolute Gasteiger partial charge is 0.228 e. The highest BCUT2D eigenvalue weighted by Gasteiger charge is 2.15. The molecule has 1 unspecified atom stereocenters. The number of anilines is 1. The SMILES string of the molecule is CCOc1cc(C)ccc1NC(=O)C(C)CSc1ccccc1. The molecule has 4 heteroatoms. The van der Waals surface area contributed by atoms with Gasteiger partial charge in [0.15, 0.2) is 0 Å². The normalized spacial score (nSPS) is 11.8. The number of rotatable bonds is 7. The van der Waals surface area contributed by atoms with Gasteiger partial charge in [-0.1, -0.05) is 31.2 Å². The quantitative estimate of drug-likeness (QED) is 0.744. The predicted molar refractivity (Wildman–Crippen MR) is 97.3 cm³/mol. The fourth-order valence-electron chi connectivity index (χ4n) is 2.08. The molecule has 1 amide bonds. The van der Waals surface area contributed by atoms with Gasteiger partial charge in [-0.3, -0.25) is 4.79 Å². The van der Waals surface area contributed by atoms with Crippen LogP contribution in [-0.4, -0.2) is 18.3 Å². The molecule has 1 N–H and O–H groups in total. The molecular weight excluding hydrogens is 306 g/mol. The molecule has 23 heavy (non-hydrogen) atoms. The van der Waals surface area contributed by atoms with Gasteiger partial charge in [0.25, 0.3) is 0 Å². The van der Waals surface area contributed by atoms with Crippen molar-refractivity contribution < 1.29 is 9.53 Å². The number of benzene rings is 2. The Labute approximate surface area is 142 Å². The van der Waals surface area contributed by atoms with Crippen molar-refractivity contribution in [3.05, 3.63) is 54.1 Å². The predicted octanol–water partition coefficient (Wildman–Crippen LogP) is 4.76. The zero-order chi connectivity index (χ0) is 16.7. The maximum Gasteiger partial charge on any atom is 0.228 e. The Hall–Kier alpha value is -1.94. The minimum Gasteiger partial charge on any atom is -0.492 e. The van der Waals surface area contributed by atoms with Crippen LogP contribution >= 0.6 is 11.8 Å². The fourth-order valence-corrected chi connectivity index (χ4v) is 3.02. The summed E-state index contributed by atoms with van der Waals surface area (Å²) in [7, 11) is 0. The van der Waals surface area contributed by atoms with Crippen LogP contribution < -0.4 is 10.1 Å². The first-order valence-electron chi connectivity index (χ1n) is 7.82. The van der Waals surface area contributed by atoms with Crippen LogP contribution in [0.3, 0.4) is 0 Å². The first kappa shape index (κ1) is 17.4. The van der Waals surface area contributed by atoms with E-state index < -0.39 is 0 Å². The van der Waals surface area contributed by atoms with Crippen molar-refractivity contribution in [3.63, 3.8) is 0 Å². The van der Waals surface area contributed by atoms with E-state index in [9.17, 15) is 4.79 Å². The Morgan fingerprint density at radius 2 is 1.96 bits per heavy atom. The summed E-state index contributed by atoms with van der Waals surface area (Å²) in [6, 6.07) is 15.9. The van der Waals surface area contributed by atoms with Crippen LogP contribution in [0.1, 0.15) is 19.4 Å². The van der Waals surface area contributed by atoms with Crippen LogP contribution in [0.25, 0.3) is 0 Å². The average molecular weight is 329 g/mol. The minimum atomic E-state index is -0.0871. The number of aryl methyl sites for hydroxylation is 1. The van der Waals surface area contributed by atoms with Gasteiger partial charge in [0.1, 0.15) is 5.75 Å². The number of carbonyl (C=O) groups is 1. The average Bonchev–Trinajstić information content (AvgIpc) is 2.56. The summed E-state index contributed by atoms with van der Waals surface area (Å²) in [6.45, 7) is 6.46.